The van der Waals surface area contributed by atoms with E-state index in [4.69, 9.17) is 14.5 Å². The van der Waals surface area contributed by atoms with E-state index in [1.807, 2.05) is 49.5 Å². The monoisotopic (exact) mass is 560 g/mol. The Morgan fingerprint density at radius 3 is 2.50 bits per heavy atom. The number of ether oxygens (including phenoxy) is 2. The number of carbonyl (C=O) groups excluding carboxylic acids is 1. The second-order valence-electron chi connectivity index (χ2n) is 9.47. The normalized spacial score (nSPS) is 16.7. The molecule has 0 saturated carbocycles. The van der Waals surface area contributed by atoms with Crippen LogP contribution in [0.2, 0.25) is 0 Å². The van der Waals surface area contributed by atoms with E-state index in [-0.39, 0.29) is 12.3 Å². The molecule has 1 heterocycles. The summed E-state index contributed by atoms with van der Waals surface area (Å²) in [5.41, 5.74) is 3.30. The Labute approximate surface area is 238 Å². The molecule has 0 radical (unpaired) electrons. The van der Waals surface area contributed by atoms with Gasteiger partial charge in [-0.2, -0.15) is 0 Å². The number of likely N-dealkylation sites (N-methyl/N-ethyl adjacent to an activating group) is 1. The van der Waals surface area contributed by atoms with Gasteiger partial charge in [-0.3, -0.25) is 24.8 Å². The van der Waals surface area contributed by atoms with Crippen LogP contribution in [-0.4, -0.2) is 54.0 Å². The second-order valence-corrected chi connectivity index (χ2v) is 10.4. The minimum atomic E-state index is -0.785. The standard InChI is InChI=1S/C30H32N4O5S/c1-21-27(29(35)39-17-16-33(2)19-22-8-5-4-6-9-22)28(24-10-7-11-25(18-24)34(36)37)32-30(31-21)40-20-23-12-14-26(38-3)15-13-23/h4-15,18,27-28H,16-17,19-20H2,1-3H3. The highest BCUT2D eigenvalue weighted by molar-refractivity contribution is 8.13. The zero-order valence-electron chi connectivity index (χ0n) is 22.7. The van der Waals surface area contributed by atoms with Gasteiger partial charge in [0.1, 0.15) is 18.3 Å². The molecule has 2 atom stereocenters. The van der Waals surface area contributed by atoms with Crippen LogP contribution in [0.4, 0.5) is 5.69 Å². The highest BCUT2D eigenvalue weighted by atomic mass is 32.2. The summed E-state index contributed by atoms with van der Waals surface area (Å²) in [5, 5.41) is 12.0. The van der Waals surface area contributed by atoms with Crippen molar-refractivity contribution in [2.75, 3.05) is 27.3 Å². The summed E-state index contributed by atoms with van der Waals surface area (Å²) >= 11 is 1.44. The third-order valence-corrected chi connectivity index (χ3v) is 7.44. The number of methoxy groups -OCH3 is 1. The van der Waals surface area contributed by atoms with E-state index in [1.54, 1.807) is 26.2 Å². The summed E-state index contributed by atoms with van der Waals surface area (Å²) in [6.07, 6.45) is 0. The predicted molar refractivity (Wildman–Crippen MR) is 158 cm³/mol. The lowest BCUT2D eigenvalue weighted by Crippen LogP contribution is -2.34. The number of thioether (sulfide) groups is 1. The van der Waals surface area contributed by atoms with Crippen molar-refractivity contribution in [1.82, 2.24) is 4.90 Å². The van der Waals surface area contributed by atoms with Crippen LogP contribution in [0.1, 0.15) is 29.7 Å². The van der Waals surface area contributed by atoms with Crippen LogP contribution in [0.15, 0.2) is 88.8 Å². The van der Waals surface area contributed by atoms with E-state index in [0.29, 0.717) is 28.7 Å². The number of nitrogens with zero attached hydrogens (tertiary/aromatic N) is 4. The molecule has 0 aromatic heterocycles. The molecular weight excluding hydrogens is 528 g/mol. The Balaban J connectivity index is 1.48. The Morgan fingerprint density at radius 1 is 1.05 bits per heavy atom. The Hall–Kier alpha value is -4.02. The van der Waals surface area contributed by atoms with Crippen LogP contribution in [0, 0.1) is 16.0 Å². The van der Waals surface area contributed by atoms with Crippen LogP contribution in [0.5, 0.6) is 5.75 Å². The van der Waals surface area contributed by atoms with Gasteiger partial charge in [-0.25, -0.2) is 4.99 Å². The number of hydrogen-bond acceptors (Lipinski definition) is 9. The summed E-state index contributed by atoms with van der Waals surface area (Å²) in [6, 6.07) is 23.3. The van der Waals surface area contributed by atoms with Gasteiger partial charge in [0.25, 0.3) is 5.69 Å². The SMILES string of the molecule is COc1ccc(CSC2=NC(c3cccc([N+](=O)[O-])c3)C(C(=O)OCCN(C)Cc3ccccc3)C(C)=N2)cc1. The molecule has 10 heteroatoms. The number of nitro groups is 1. The van der Waals surface area contributed by atoms with Crippen molar-refractivity contribution in [3.8, 4) is 5.75 Å². The largest absolute Gasteiger partial charge is 0.497 e. The average molecular weight is 561 g/mol. The fourth-order valence-corrected chi connectivity index (χ4v) is 5.25. The predicted octanol–water partition coefficient (Wildman–Crippen LogP) is 5.70. The zero-order valence-corrected chi connectivity index (χ0v) is 23.5. The molecule has 208 valence electrons. The summed E-state index contributed by atoms with van der Waals surface area (Å²) in [4.78, 5) is 35.9. The molecule has 2 unspecified atom stereocenters. The van der Waals surface area contributed by atoms with Crippen LogP contribution >= 0.6 is 11.8 Å². The highest BCUT2D eigenvalue weighted by Gasteiger charge is 2.37. The van der Waals surface area contributed by atoms with Gasteiger partial charge in [0, 0.05) is 36.7 Å². The van der Waals surface area contributed by atoms with Gasteiger partial charge in [0.05, 0.1) is 18.1 Å². The summed E-state index contributed by atoms with van der Waals surface area (Å²) in [5.74, 6) is 0.154. The lowest BCUT2D eigenvalue weighted by atomic mass is 9.89. The Kier molecular flexibility index (Phi) is 10.0. The lowest BCUT2D eigenvalue weighted by Gasteiger charge is -2.27. The molecule has 3 aromatic carbocycles. The first-order chi connectivity index (χ1) is 19.3. The van der Waals surface area contributed by atoms with E-state index < -0.39 is 22.9 Å². The fraction of sp³-hybridized carbons (Fsp3) is 0.300. The van der Waals surface area contributed by atoms with Crippen molar-refractivity contribution >= 4 is 34.3 Å². The van der Waals surface area contributed by atoms with E-state index in [9.17, 15) is 14.9 Å². The molecule has 9 nitrogen and oxygen atoms in total. The zero-order chi connectivity index (χ0) is 28.5. The molecule has 4 rings (SSSR count). The molecule has 1 aliphatic rings. The molecule has 0 fully saturated rings. The molecule has 3 aromatic rings. The highest BCUT2D eigenvalue weighted by Crippen LogP contribution is 2.35. The first-order valence-electron chi connectivity index (χ1n) is 12.9. The number of nitro benzene ring substituents is 1. The maximum absolute atomic E-state index is 13.4. The van der Waals surface area contributed by atoms with Crippen molar-refractivity contribution in [2.45, 2.75) is 25.3 Å². The Morgan fingerprint density at radius 2 is 1.80 bits per heavy atom. The summed E-state index contributed by atoms with van der Waals surface area (Å²) in [6.45, 7) is 3.27. The van der Waals surface area contributed by atoms with Crippen LogP contribution in [-0.2, 0) is 21.8 Å². The van der Waals surface area contributed by atoms with Crippen molar-refractivity contribution in [3.63, 3.8) is 0 Å². The number of amidine groups is 1. The number of hydrogen-bond donors (Lipinski definition) is 0. The maximum atomic E-state index is 13.4. The van der Waals surface area contributed by atoms with Gasteiger partial charge in [0.15, 0.2) is 5.17 Å². The van der Waals surface area contributed by atoms with Gasteiger partial charge in [-0.05, 0) is 42.8 Å². The minimum absolute atomic E-state index is 0.0602. The van der Waals surface area contributed by atoms with Crippen LogP contribution < -0.4 is 4.74 Å². The van der Waals surface area contributed by atoms with E-state index in [0.717, 1.165) is 17.9 Å². The number of esters is 1. The van der Waals surface area contributed by atoms with E-state index >= 15 is 0 Å². The number of non-ortho nitro benzene ring substituents is 1. The van der Waals surface area contributed by atoms with Gasteiger partial charge < -0.3 is 9.47 Å². The maximum Gasteiger partial charge on any atom is 0.317 e. The second kappa shape index (κ2) is 13.9. The quantitative estimate of drug-likeness (QED) is 0.168. The topological polar surface area (TPSA) is 107 Å². The molecule has 0 aliphatic carbocycles. The molecule has 0 saturated heterocycles. The number of carbonyl (C=O) groups is 1. The molecule has 0 bridgehead atoms. The van der Waals surface area contributed by atoms with Gasteiger partial charge in [-0.15, -0.1) is 0 Å². The average Bonchev–Trinajstić information content (AvgIpc) is 2.96. The fourth-order valence-electron chi connectivity index (χ4n) is 4.37. The third kappa shape index (κ3) is 7.77. The molecule has 0 spiro atoms. The van der Waals surface area contributed by atoms with Gasteiger partial charge in [-0.1, -0.05) is 66.4 Å². The summed E-state index contributed by atoms with van der Waals surface area (Å²) in [7, 11) is 3.59. The van der Waals surface area contributed by atoms with Crippen molar-refractivity contribution in [3.05, 3.63) is 106 Å². The van der Waals surface area contributed by atoms with Crippen LogP contribution in [0.25, 0.3) is 0 Å². The van der Waals surface area contributed by atoms with Gasteiger partial charge >= 0.3 is 5.97 Å². The van der Waals surface area contributed by atoms with E-state index in [2.05, 4.69) is 22.0 Å². The Bertz CT molecular complexity index is 1380. The van der Waals surface area contributed by atoms with Crippen molar-refractivity contribution in [2.24, 2.45) is 15.9 Å². The number of aliphatic imine (C=N–C) groups is 2. The summed E-state index contributed by atoms with van der Waals surface area (Å²) < 4.78 is 10.9. The molecule has 0 amide bonds. The van der Waals surface area contributed by atoms with E-state index in [1.165, 1.54) is 29.5 Å². The first kappa shape index (κ1) is 29.0. The van der Waals surface area contributed by atoms with Crippen molar-refractivity contribution < 1.29 is 19.2 Å². The molecular formula is C30H32N4O5S. The van der Waals surface area contributed by atoms with Crippen molar-refractivity contribution in [1.29, 1.82) is 0 Å². The molecule has 0 N–H and O–H groups in total. The lowest BCUT2D eigenvalue weighted by molar-refractivity contribution is -0.384. The minimum Gasteiger partial charge on any atom is -0.497 e. The first-order valence-corrected chi connectivity index (χ1v) is 13.8. The number of rotatable bonds is 11. The third-order valence-electron chi connectivity index (χ3n) is 6.50. The molecule has 40 heavy (non-hydrogen) atoms. The number of benzene rings is 3. The van der Waals surface area contributed by atoms with Gasteiger partial charge in [0.2, 0.25) is 0 Å². The smallest absolute Gasteiger partial charge is 0.317 e. The molecule has 1 aliphatic heterocycles. The van der Waals surface area contributed by atoms with Crippen LogP contribution in [0.3, 0.4) is 0 Å².